The molecule has 1 saturated heterocycles. The van der Waals surface area contributed by atoms with Gasteiger partial charge in [0.1, 0.15) is 0 Å². The van der Waals surface area contributed by atoms with E-state index in [9.17, 15) is 4.79 Å². The van der Waals surface area contributed by atoms with Gasteiger partial charge in [-0.25, -0.2) is 4.68 Å². The maximum atomic E-state index is 12.9. The van der Waals surface area contributed by atoms with Crippen LogP contribution < -0.4 is 4.74 Å². The highest BCUT2D eigenvalue weighted by atomic mass is 16.5. The molecule has 0 N–H and O–H groups in total. The van der Waals surface area contributed by atoms with Crippen molar-refractivity contribution in [3.63, 3.8) is 0 Å². The van der Waals surface area contributed by atoms with Crippen molar-refractivity contribution in [1.82, 2.24) is 14.7 Å². The lowest BCUT2D eigenvalue weighted by Crippen LogP contribution is -2.50. The van der Waals surface area contributed by atoms with Crippen LogP contribution >= 0.6 is 0 Å². The molecule has 23 heavy (non-hydrogen) atoms. The van der Waals surface area contributed by atoms with Crippen LogP contribution in [0.1, 0.15) is 24.3 Å². The van der Waals surface area contributed by atoms with Gasteiger partial charge in [0.15, 0.2) is 11.4 Å². The Labute approximate surface area is 135 Å². The number of benzene rings is 1. The third kappa shape index (κ3) is 3.07. The Hall–Kier alpha value is -2.34. The Kier molecular flexibility index (Phi) is 4.34. The third-order valence-corrected chi connectivity index (χ3v) is 3.99. The van der Waals surface area contributed by atoms with E-state index in [-0.39, 0.29) is 18.1 Å². The van der Waals surface area contributed by atoms with Gasteiger partial charge in [-0.1, -0.05) is 18.2 Å². The molecule has 122 valence electrons. The molecule has 1 aromatic carbocycles. The largest absolute Gasteiger partial charge is 0.493 e. The smallest absolute Gasteiger partial charge is 0.278 e. The minimum Gasteiger partial charge on any atom is -0.493 e. The zero-order valence-corrected chi connectivity index (χ0v) is 13.6. The van der Waals surface area contributed by atoms with E-state index >= 15 is 0 Å². The second kappa shape index (κ2) is 6.42. The van der Waals surface area contributed by atoms with Crippen LogP contribution in [-0.2, 0) is 4.74 Å². The molecule has 0 radical (unpaired) electrons. The summed E-state index contributed by atoms with van der Waals surface area (Å²) in [7, 11) is 1.55. The van der Waals surface area contributed by atoms with Crippen LogP contribution in [0.2, 0.25) is 0 Å². The van der Waals surface area contributed by atoms with Gasteiger partial charge in [-0.2, -0.15) is 5.10 Å². The monoisotopic (exact) mass is 315 g/mol. The van der Waals surface area contributed by atoms with Crippen molar-refractivity contribution >= 4 is 5.91 Å². The molecule has 2 aromatic rings. The van der Waals surface area contributed by atoms with Crippen molar-refractivity contribution in [2.24, 2.45) is 0 Å². The molecule has 3 rings (SSSR count). The molecule has 6 heteroatoms. The molecule has 2 atom stereocenters. The molecule has 0 spiro atoms. The number of nitrogens with zero attached hydrogens (tertiary/aromatic N) is 3. The van der Waals surface area contributed by atoms with E-state index < -0.39 is 0 Å². The first-order valence-corrected chi connectivity index (χ1v) is 7.71. The van der Waals surface area contributed by atoms with E-state index in [4.69, 9.17) is 9.47 Å². The zero-order valence-electron chi connectivity index (χ0n) is 13.6. The summed E-state index contributed by atoms with van der Waals surface area (Å²) in [5.41, 5.74) is 1.21. The lowest BCUT2D eigenvalue weighted by Gasteiger charge is -2.36. The highest BCUT2D eigenvalue weighted by molar-refractivity contribution is 5.95. The van der Waals surface area contributed by atoms with Crippen molar-refractivity contribution in [3.8, 4) is 11.4 Å². The second-order valence-corrected chi connectivity index (χ2v) is 5.78. The Morgan fingerprint density at radius 1 is 1.30 bits per heavy atom. The standard InChI is InChI=1S/C17H21N3O3/c1-12-11-23-13(2)9-19(12)17(21)16-15(22-3)10-20(18-16)14-7-5-4-6-8-14/h4-8,10,12-13H,9,11H2,1-3H3/t12-,13+/m0/s1. The molecule has 0 bridgehead atoms. The lowest BCUT2D eigenvalue weighted by atomic mass is 10.2. The van der Waals surface area contributed by atoms with Crippen molar-refractivity contribution in [2.75, 3.05) is 20.3 Å². The van der Waals surface area contributed by atoms with Gasteiger partial charge < -0.3 is 14.4 Å². The molecule has 0 unspecified atom stereocenters. The number of morpholine rings is 1. The molecule has 2 heterocycles. The number of aromatic nitrogens is 2. The highest BCUT2D eigenvalue weighted by Crippen LogP contribution is 2.23. The van der Waals surface area contributed by atoms with E-state index in [1.807, 2.05) is 44.2 Å². The van der Waals surface area contributed by atoms with Gasteiger partial charge in [-0.05, 0) is 26.0 Å². The van der Waals surface area contributed by atoms with Crippen LogP contribution in [0.3, 0.4) is 0 Å². The Balaban J connectivity index is 1.92. The summed E-state index contributed by atoms with van der Waals surface area (Å²) >= 11 is 0. The van der Waals surface area contributed by atoms with Crippen LogP contribution in [0, 0.1) is 0 Å². The van der Waals surface area contributed by atoms with E-state index in [2.05, 4.69) is 5.10 Å². The summed E-state index contributed by atoms with van der Waals surface area (Å²) in [6.07, 6.45) is 1.76. The molecule has 1 fully saturated rings. The summed E-state index contributed by atoms with van der Waals surface area (Å²) in [6.45, 7) is 5.03. The number of ether oxygens (including phenoxy) is 2. The van der Waals surface area contributed by atoms with Gasteiger partial charge in [-0.3, -0.25) is 4.79 Å². The van der Waals surface area contributed by atoms with Gasteiger partial charge in [0.2, 0.25) is 0 Å². The van der Waals surface area contributed by atoms with E-state index in [0.29, 0.717) is 24.6 Å². The van der Waals surface area contributed by atoms with Gasteiger partial charge in [-0.15, -0.1) is 0 Å². The molecule has 1 aliphatic heterocycles. The first kappa shape index (κ1) is 15.6. The summed E-state index contributed by atoms with van der Waals surface area (Å²) in [6, 6.07) is 9.67. The fourth-order valence-corrected chi connectivity index (χ4v) is 2.69. The predicted octanol–water partition coefficient (Wildman–Crippen LogP) is 2.13. The van der Waals surface area contributed by atoms with Gasteiger partial charge in [0, 0.05) is 6.54 Å². The Morgan fingerprint density at radius 2 is 2.04 bits per heavy atom. The summed E-state index contributed by atoms with van der Waals surface area (Å²) < 4.78 is 12.6. The number of carbonyl (C=O) groups excluding carboxylic acids is 1. The van der Waals surface area contributed by atoms with Crippen molar-refractivity contribution in [3.05, 3.63) is 42.2 Å². The number of rotatable bonds is 3. The normalized spacial score (nSPS) is 21.3. The number of amides is 1. The lowest BCUT2D eigenvalue weighted by molar-refractivity contribution is -0.0390. The van der Waals surface area contributed by atoms with Gasteiger partial charge >= 0.3 is 0 Å². The first-order chi connectivity index (χ1) is 11.1. The Morgan fingerprint density at radius 3 is 2.74 bits per heavy atom. The van der Waals surface area contributed by atoms with E-state index in [0.717, 1.165) is 5.69 Å². The van der Waals surface area contributed by atoms with E-state index in [1.54, 1.807) is 22.9 Å². The zero-order chi connectivity index (χ0) is 16.4. The topological polar surface area (TPSA) is 56.6 Å². The Bertz CT molecular complexity index is 684. The van der Waals surface area contributed by atoms with Crippen molar-refractivity contribution < 1.29 is 14.3 Å². The average Bonchev–Trinajstić information content (AvgIpc) is 3.01. The number of methoxy groups -OCH3 is 1. The summed E-state index contributed by atoms with van der Waals surface area (Å²) in [5, 5.41) is 4.45. The molecule has 1 amide bonds. The predicted molar refractivity (Wildman–Crippen MR) is 86.0 cm³/mol. The summed E-state index contributed by atoms with van der Waals surface area (Å²) in [4.78, 5) is 14.7. The van der Waals surface area contributed by atoms with Crippen LogP contribution in [0.15, 0.2) is 36.5 Å². The molecule has 6 nitrogen and oxygen atoms in total. The van der Waals surface area contributed by atoms with E-state index in [1.165, 1.54) is 0 Å². The second-order valence-electron chi connectivity index (χ2n) is 5.78. The average molecular weight is 315 g/mol. The van der Waals surface area contributed by atoms with Crippen LogP contribution in [0.5, 0.6) is 5.75 Å². The quantitative estimate of drug-likeness (QED) is 0.871. The molecule has 1 aliphatic rings. The first-order valence-electron chi connectivity index (χ1n) is 7.71. The number of para-hydroxylation sites is 1. The van der Waals surface area contributed by atoms with Crippen molar-refractivity contribution in [1.29, 1.82) is 0 Å². The fourth-order valence-electron chi connectivity index (χ4n) is 2.69. The minimum atomic E-state index is -0.126. The van der Waals surface area contributed by atoms with Crippen LogP contribution in [0.4, 0.5) is 0 Å². The minimum absolute atomic E-state index is 0.0188. The highest BCUT2D eigenvalue weighted by Gasteiger charge is 2.31. The number of hydrogen-bond donors (Lipinski definition) is 0. The number of carbonyl (C=O) groups is 1. The molecular formula is C17H21N3O3. The maximum Gasteiger partial charge on any atom is 0.278 e. The summed E-state index contributed by atoms with van der Waals surface area (Å²) in [5.74, 6) is 0.351. The SMILES string of the molecule is COc1cn(-c2ccccc2)nc1C(=O)N1C[C@@H](C)OC[C@@H]1C. The molecule has 1 aromatic heterocycles. The van der Waals surface area contributed by atoms with Gasteiger partial charge in [0.25, 0.3) is 5.91 Å². The van der Waals surface area contributed by atoms with Crippen LogP contribution in [-0.4, -0.2) is 53.0 Å². The molecular weight excluding hydrogens is 294 g/mol. The molecule has 0 aliphatic carbocycles. The van der Waals surface area contributed by atoms with Gasteiger partial charge in [0.05, 0.1) is 37.7 Å². The van der Waals surface area contributed by atoms with Crippen LogP contribution in [0.25, 0.3) is 5.69 Å². The number of hydrogen-bond acceptors (Lipinski definition) is 4. The third-order valence-electron chi connectivity index (χ3n) is 3.99. The molecule has 0 saturated carbocycles. The maximum absolute atomic E-state index is 12.9. The fraction of sp³-hybridized carbons (Fsp3) is 0.412. The van der Waals surface area contributed by atoms with Crippen molar-refractivity contribution in [2.45, 2.75) is 26.0 Å².